The van der Waals surface area contributed by atoms with Crippen LogP contribution in [0.25, 0.3) is 5.70 Å². The summed E-state index contributed by atoms with van der Waals surface area (Å²) < 4.78 is 0. The fourth-order valence-electron chi connectivity index (χ4n) is 1.42. The van der Waals surface area contributed by atoms with Crippen LogP contribution >= 0.6 is 0 Å². The molecule has 0 aromatic carbocycles. The molecule has 0 fully saturated rings. The van der Waals surface area contributed by atoms with Crippen molar-refractivity contribution in [1.29, 1.82) is 0 Å². The number of hydrogen-bond acceptors (Lipinski definition) is 3. The molecule has 0 bridgehead atoms. The number of unbranched alkanes of at least 4 members (excludes halogenated alkanes) is 2. The summed E-state index contributed by atoms with van der Waals surface area (Å²) in [6.07, 6.45) is 8.43. The molecule has 2 rings (SSSR count). The number of aryl methyl sites for hydroxylation is 1. The lowest BCUT2D eigenvalue weighted by molar-refractivity contribution is 0.705. The molecule has 1 N–H and O–H groups in total. The first-order valence-electron chi connectivity index (χ1n) is 5.18. The van der Waals surface area contributed by atoms with Gasteiger partial charge in [-0.25, -0.2) is 9.97 Å². The first-order chi connectivity index (χ1) is 6.90. The van der Waals surface area contributed by atoms with Crippen molar-refractivity contribution in [1.82, 2.24) is 15.3 Å². The monoisotopic (exact) mass is 189 g/mol. The number of nitrogens with zero attached hydrogens (tertiary/aromatic N) is 2. The van der Waals surface area contributed by atoms with E-state index in [2.05, 4.69) is 28.3 Å². The molecule has 3 heteroatoms. The number of nitrogens with one attached hydrogen (secondary N) is 1. The second-order valence-electron chi connectivity index (χ2n) is 3.55. The van der Waals surface area contributed by atoms with Crippen LogP contribution in [0.3, 0.4) is 0 Å². The molecule has 2 heterocycles. The maximum atomic E-state index is 4.26. The summed E-state index contributed by atoms with van der Waals surface area (Å²) in [4.78, 5) is 8.44. The van der Waals surface area contributed by atoms with Gasteiger partial charge in [0.05, 0.1) is 11.4 Å². The van der Waals surface area contributed by atoms with Gasteiger partial charge in [0.15, 0.2) is 0 Å². The lowest BCUT2D eigenvalue weighted by Crippen LogP contribution is -1.95. The summed E-state index contributed by atoms with van der Waals surface area (Å²) in [5.41, 5.74) is 3.30. The number of aromatic nitrogens is 2. The van der Waals surface area contributed by atoms with Crippen LogP contribution in [0.1, 0.15) is 37.6 Å². The van der Waals surface area contributed by atoms with Crippen LogP contribution in [-0.4, -0.2) is 9.97 Å². The highest BCUT2D eigenvalue weighted by atomic mass is 15.0. The van der Waals surface area contributed by atoms with Crippen molar-refractivity contribution in [2.24, 2.45) is 0 Å². The lowest BCUT2D eigenvalue weighted by Gasteiger charge is -2.00. The average Bonchev–Trinajstić information content (AvgIpc) is 3.02. The molecule has 0 saturated heterocycles. The minimum absolute atomic E-state index is 1.02. The minimum atomic E-state index is 1.02. The molecule has 0 spiro atoms. The second kappa shape index (κ2) is 4.22. The van der Waals surface area contributed by atoms with Crippen LogP contribution < -0.4 is 5.32 Å². The number of rotatable bonds is 5. The van der Waals surface area contributed by atoms with E-state index in [9.17, 15) is 0 Å². The molecule has 1 aromatic heterocycles. The van der Waals surface area contributed by atoms with Crippen LogP contribution in [-0.2, 0) is 6.42 Å². The largest absolute Gasteiger partial charge is 0.357 e. The van der Waals surface area contributed by atoms with Gasteiger partial charge in [-0.05, 0) is 18.9 Å². The third-order valence-corrected chi connectivity index (χ3v) is 2.32. The fraction of sp³-hybridized carbons (Fsp3) is 0.455. The molecule has 0 radical (unpaired) electrons. The second-order valence-corrected chi connectivity index (χ2v) is 3.55. The van der Waals surface area contributed by atoms with E-state index in [1.807, 2.05) is 6.20 Å². The zero-order chi connectivity index (χ0) is 9.80. The molecule has 1 aromatic rings. The Kier molecular flexibility index (Phi) is 2.77. The highest BCUT2D eigenvalue weighted by Gasteiger charge is 2.11. The average molecular weight is 189 g/mol. The Morgan fingerprint density at radius 1 is 1.29 bits per heavy atom. The van der Waals surface area contributed by atoms with Gasteiger partial charge in [-0.2, -0.15) is 0 Å². The Balaban J connectivity index is 1.96. The zero-order valence-electron chi connectivity index (χ0n) is 8.45. The van der Waals surface area contributed by atoms with Crippen molar-refractivity contribution in [2.75, 3.05) is 0 Å². The maximum Gasteiger partial charge on any atom is 0.116 e. The van der Waals surface area contributed by atoms with Crippen LogP contribution in [0.2, 0.25) is 0 Å². The molecule has 1 aliphatic rings. The highest BCUT2D eigenvalue weighted by molar-refractivity contribution is 5.71. The molecule has 14 heavy (non-hydrogen) atoms. The van der Waals surface area contributed by atoms with Gasteiger partial charge in [0.1, 0.15) is 6.33 Å². The van der Waals surface area contributed by atoms with E-state index in [1.54, 1.807) is 6.33 Å². The Morgan fingerprint density at radius 2 is 2.14 bits per heavy atom. The third kappa shape index (κ3) is 2.31. The van der Waals surface area contributed by atoms with Gasteiger partial charge in [-0.1, -0.05) is 19.8 Å². The normalized spacial score (nSPS) is 13.4. The van der Waals surface area contributed by atoms with Crippen molar-refractivity contribution in [3.8, 4) is 0 Å². The fourth-order valence-corrected chi connectivity index (χ4v) is 1.42. The van der Waals surface area contributed by atoms with Gasteiger partial charge in [-0.15, -0.1) is 0 Å². The summed E-state index contributed by atoms with van der Waals surface area (Å²) in [5.74, 6) is 0. The predicted octanol–water partition coefficient (Wildman–Crippen LogP) is 2.11. The van der Waals surface area contributed by atoms with E-state index in [0.29, 0.717) is 0 Å². The first kappa shape index (κ1) is 9.19. The van der Waals surface area contributed by atoms with E-state index in [1.165, 1.54) is 19.3 Å². The summed E-state index contributed by atoms with van der Waals surface area (Å²) in [5, 5.41) is 3.05. The van der Waals surface area contributed by atoms with Gasteiger partial charge in [0.25, 0.3) is 0 Å². The van der Waals surface area contributed by atoms with E-state index in [-0.39, 0.29) is 0 Å². The lowest BCUT2D eigenvalue weighted by atomic mass is 10.1. The van der Waals surface area contributed by atoms with Gasteiger partial charge in [0.2, 0.25) is 0 Å². The third-order valence-electron chi connectivity index (χ3n) is 2.32. The first-order valence-corrected chi connectivity index (χ1v) is 5.18. The zero-order valence-corrected chi connectivity index (χ0v) is 8.45. The summed E-state index contributed by atoms with van der Waals surface area (Å²) in [6.45, 7) is 2.21. The Hall–Kier alpha value is -1.38. The summed E-state index contributed by atoms with van der Waals surface area (Å²) >= 11 is 0. The van der Waals surface area contributed by atoms with Gasteiger partial charge >= 0.3 is 0 Å². The van der Waals surface area contributed by atoms with Crippen molar-refractivity contribution >= 4 is 5.70 Å². The van der Waals surface area contributed by atoms with Crippen molar-refractivity contribution in [2.45, 2.75) is 32.6 Å². The van der Waals surface area contributed by atoms with E-state index in [0.717, 1.165) is 23.5 Å². The van der Waals surface area contributed by atoms with Gasteiger partial charge in [-0.3, -0.25) is 0 Å². The van der Waals surface area contributed by atoms with Crippen LogP contribution in [0.5, 0.6) is 0 Å². The van der Waals surface area contributed by atoms with Gasteiger partial charge in [0, 0.05) is 11.9 Å². The standard InChI is InChI=1S/C11H15N3/c1-2-3-4-5-9-6-10(11-7-12-11)14-8-13-9/h6-8,12H,2-5H2,1H3. The van der Waals surface area contributed by atoms with Crippen LogP contribution in [0.15, 0.2) is 18.6 Å². The topological polar surface area (TPSA) is 47.7 Å². The SMILES string of the molecule is CCCCCc1cc(C2=CN2)ncn1. The summed E-state index contributed by atoms with van der Waals surface area (Å²) in [7, 11) is 0. The molecule has 0 amide bonds. The van der Waals surface area contributed by atoms with Crippen molar-refractivity contribution in [3.63, 3.8) is 0 Å². The molecule has 0 atom stereocenters. The van der Waals surface area contributed by atoms with Crippen molar-refractivity contribution in [3.05, 3.63) is 30.0 Å². The molecule has 0 aliphatic carbocycles. The minimum Gasteiger partial charge on any atom is -0.357 e. The predicted molar refractivity (Wildman–Crippen MR) is 56.4 cm³/mol. The smallest absolute Gasteiger partial charge is 0.116 e. The molecule has 3 nitrogen and oxygen atoms in total. The van der Waals surface area contributed by atoms with Crippen LogP contribution in [0.4, 0.5) is 0 Å². The Bertz CT molecular complexity index is 344. The Labute approximate surface area is 84.3 Å². The highest BCUT2D eigenvalue weighted by Crippen LogP contribution is 2.16. The van der Waals surface area contributed by atoms with E-state index < -0.39 is 0 Å². The number of hydrogen-bond donors (Lipinski definition) is 1. The Morgan fingerprint density at radius 3 is 2.86 bits per heavy atom. The summed E-state index contributed by atoms with van der Waals surface area (Å²) in [6, 6.07) is 2.07. The molecular formula is C11H15N3. The maximum absolute atomic E-state index is 4.26. The van der Waals surface area contributed by atoms with Gasteiger partial charge < -0.3 is 5.32 Å². The molecule has 1 aliphatic heterocycles. The molecular weight excluding hydrogens is 174 g/mol. The van der Waals surface area contributed by atoms with E-state index >= 15 is 0 Å². The quantitative estimate of drug-likeness (QED) is 0.722. The van der Waals surface area contributed by atoms with Crippen LogP contribution in [0, 0.1) is 0 Å². The van der Waals surface area contributed by atoms with E-state index in [4.69, 9.17) is 0 Å². The molecule has 0 saturated carbocycles. The van der Waals surface area contributed by atoms with Crippen molar-refractivity contribution < 1.29 is 0 Å². The molecule has 74 valence electrons. The molecule has 0 unspecified atom stereocenters.